The molecule has 7 heteroatoms. The van der Waals surface area contributed by atoms with Gasteiger partial charge in [0.1, 0.15) is 5.60 Å². The molecule has 0 aromatic heterocycles. The van der Waals surface area contributed by atoms with Crippen LogP contribution in [0.2, 0.25) is 20.1 Å². The monoisotopic (exact) mass is 452 g/mol. The molecule has 2 aromatic carbocycles. The van der Waals surface area contributed by atoms with Gasteiger partial charge in [0, 0.05) is 31.5 Å². The average molecular weight is 455 g/mol. The minimum atomic E-state index is -0.818. The molecule has 1 fully saturated rings. The highest BCUT2D eigenvalue weighted by Gasteiger charge is 2.62. The van der Waals surface area contributed by atoms with Gasteiger partial charge in [0.2, 0.25) is 0 Å². The highest BCUT2D eigenvalue weighted by atomic mass is 79.9. The Hall–Kier alpha value is -0.290. The van der Waals surface area contributed by atoms with Crippen LogP contribution in [-0.2, 0) is 10.3 Å². The SMILES string of the molecule is O=C(c1ccc(Cl)cc1Cl)[C@H]1O[C@]1(CBr)c1ccc(Cl)cc1Cl. The Balaban J connectivity index is 1.95. The van der Waals surface area contributed by atoms with Crippen molar-refractivity contribution in [2.75, 3.05) is 5.33 Å². The number of rotatable bonds is 4. The number of alkyl halides is 1. The smallest absolute Gasteiger partial charge is 0.196 e. The summed E-state index contributed by atoms with van der Waals surface area (Å²) in [6.07, 6.45) is -0.667. The Morgan fingerprint density at radius 3 is 2.22 bits per heavy atom. The average Bonchev–Trinajstić information content (AvgIpc) is 3.22. The van der Waals surface area contributed by atoms with Crippen LogP contribution in [0.3, 0.4) is 0 Å². The molecule has 1 saturated heterocycles. The van der Waals surface area contributed by atoms with Crippen molar-refractivity contribution in [2.45, 2.75) is 11.7 Å². The van der Waals surface area contributed by atoms with Gasteiger partial charge in [-0.05, 0) is 30.3 Å². The molecule has 0 spiro atoms. The summed E-state index contributed by atoms with van der Waals surface area (Å²) >= 11 is 27.6. The van der Waals surface area contributed by atoms with Crippen LogP contribution in [0, 0.1) is 0 Å². The van der Waals surface area contributed by atoms with E-state index < -0.39 is 11.7 Å². The molecular weight excluding hydrogens is 446 g/mol. The largest absolute Gasteiger partial charge is 0.351 e. The summed E-state index contributed by atoms with van der Waals surface area (Å²) in [4.78, 5) is 12.7. The van der Waals surface area contributed by atoms with Gasteiger partial charge in [0.15, 0.2) is 11.9 Å². The van der Waals surface area contributed by atoms with E-state index in [4.69, 9.17) is 51.1 Å². The van der Waals surface area contributed by atoms with Crippen molar-refractivity contribution >= 4 is 68.1 Å². The van der Waals surface area contributed by atoms with Crippen molar-refractivity contribution in [3.05, 3.63) is 67.6 Å². The number of Topliss-reactive ketones (excluding diaryl/α,β-unsaturated/α-hetero) is 1. The molecule has 0 saturated carbocycles. The number of halogens is 5. The lowest BCUT2D eigenvalue weighted by molar-refractivity contribution is 0.0954. The molecule has 120 valence electrons. The van der Waals surface area contributed by atoms with E-state index in [0.717, 1.165) is 0 Å². The molecule has 2 atom stereocenters. The van der Waals surface area contributed by atoms with Gasteiger partial charge in [-0.15, -0.1) is 0 Å². The van der Waals surface area contributed by atoms with E-state index in [0.29, 0.717) is 36.5 Å². The highest BCUT2D eigenvalue weighted by Crippen LogP contribution is 2.51. The molecule has 0 unspecified atom stereocenters. The number of benzene rings is 2. The number of ketones is 1. The van der Waals surface area contributed by atoms with Gasteiger partial charge in [-0.1, -0.05) is 68.4 Å². The maximum absolute atomic E-state index is 12.7. The molecule has 2 nitrogen and oxygen atoms in total. The molecule has 2 aromatic rings. The third-order valence-corrected chi connectivity index (χ3v) is 5.64. The van der Waals surface area contributed by atoms with E-state index in [1.54, 1.807) is 30.3 Å². The fraction of sp³-hybridized carbons (Fsp3) is 0.188. The van der Waals surface area contributed by atoms with E-state index in [-0.39, 0.29) is 5.78 Å². The summed E-state index contributed by atoms with van der Waals surface area (Å²) in [5.41, 5.74) is 0.264. The number of epoxide rings is 1. The lowest BCUT2D eigenvalue weighted by Crippen LogP contribution is -2.21. The van der Waals surface area contributed by atoms with Crippen LogP contribution in [0.4, 0.5) is 0 Å². The van der Waals surface area contributed by atoms with Crippen LogP contribution >= 0.6 is 62.3 Å². The Labute approximate surface area is 161 Å². The standard InChI is InChI=1S/C16H9BrCl4O2/c17-7-16(11-4-2-9(19)6-13(11)21)15(23-16)14(22)10-3-1-8(18)5-12(10)20/h1-6,15H,7H2/t15-,16-/m1/s1. The molecule has 0 bridgehead atoms. The minimum Gasteiger partial charge on any atom is -0.351 e. The summed E-state index contributed by atoms with van der Waals surface area (Å²) < 4.78 is 5.75. The second-order valence-electron chi connectivity index (χ2n) is 5.13. The fourth-order valence-electron chi connectivity index (χ4n) is 2.48. The fourth-order valence-corrected chi connectivity index (χ4v) is 4.28. The number of carbonyl (C=O) groups excluding carboxylic acids is 1. The van der Waals surface area contributed by atoms with E-state index in [2.05, 4.69) is 15.9 Å². The van der Waals surface area contributed by atoms with E-state index in [1.165, 1.54) is 6.07 Å². The second-order valence-corrected chi connectivity index (χ2v) is 7.38. The van der Waals surface area contributed by atoms with Gasteiger partial charge in [0.25, 0.3) is 0 Å². The maximum Gasteiger partial charge on any atom is 0.196 e. The summed E-state index contributed by atoms with van der Waals surface area (Å²) in [5, 5.41) is 2.16. The van der Waals surface area contributed by atoms with Crippen LogP contribution < -0.4 is 0 Å². The Bertz CT molecular complexity index is 796. The van der Waals surface area contributed by atoms with Gasteiger partial charge < -0.3 is 4.74 Å². The molecule has 1 aliphatic heterocycles. The molecule has 3 rings (SSSR count). The van der Waals surface area contributed by atoms with Crippen LogP contribution in [0.5, 0.6) is 0 Å². The summed E-state index contributed by atoms with van der Waals surface area (Å²) in [6, 6.07) is 9.85. The van der Waals surface area contributed by atoms with Gasteiger partial charge in [-0.2, -0.15) is 0 Å². The van der Waals surface area contributed by atoms with Crippen LogP contribution in [-0.4, -0.2) is 17.2 Å². The van der Waals surface area contributed by atoms with E-state index in [1.807, 2.05) is 0 Å². The molecule has 1 heterocycles. The number of hydrogen-bond acceptors (Lipinski definition) is 2. The quantitative estimate of drug-likeness (QED) is 0.314. The maximum atomic E-state index is 12.7. The summed E-state index contributed by atoms with van der Waals surface area (Å²) in [6.45, 7) is 0. The zero-order valence-corrected chi connectivity index (χ0v) is 16.1. The number of hydrogen-bond donors (Lipinski definition) is 0. The van der Waals surface area contributed by atoms with E-state index in [9.17, 15) is 4.79 Å². The topological polar surface area (TPSA) is 29.6 Å². The molecule has 0 N–H and O–H groups in total. The zero-order valence-electron chi connectivity index (χ0n) is 11.5. The predicted molar refractivity (Wildman–Crippen MR) is 97.6 cm³/mol. The van der Waals surface area contributed by atoms with Gasteiger partial charge in [-0.25, -0.2) is 0 Å². The first-order valence-corrected chi connectivity index (χ1v) is 9.21. The molecule has 0 amide bonds. The van der Waals surface area contributed by atoms with Crippen LogP contribution in [0.25, 0.3) is 0 Å². The van der Waals surface area contributed by atoms with Crippen molar-refractivity contribution in [3.8, 4) is 0 Å². The van der Waals surface area contributed by atoms with Gasteiger partial charge in [-0.3, -0.25) is 4.79 Å². The predicted octanol–water partition coefficient (Wildman–Crippen LogP) is 6.17. The van der Waals surface area contributed by atoms with Gasteiger partial charge in [0.05, 0.1) is 5.02 Å². The third kappa shape index (κ3) is 3.15. The highest BCUT2D eigenvalue weighted by molar-refractivity contribution is 9.09. The first-order valence-electron chi connectivity index (χ1n) is 6.57. The normalized spacial score (nSPS) is 22.9. The van der Waals surface area contributed by atoms with Gasteiger partial charge >= 0.3 is 0 Å². The van der Waals surface area contributed by atoms with Crippen molar-refractivity contribution < 1.29 is 9.53 Å². The zero-order chi connectivity index (χ0) is 16.8. The number of carbonyl (C=O) groups is 1. The Morgan fingerprint density at radius 1 is 1.04 bits per heavy atom. The van der Waals surface area contributed by atoms with Crippen molar-refractivity contribution in [2.24, 2.45) is 0 Å². The second kappa shape index (κ2) is 6.55. The molecule has 23 heavy (non-hydrogen) atoms. The Kier molecular flexibility index (Phi) is 4.99. The van der Waals surface area contributed by atoms with E-state index >= 15 is 0 Å². The molecule has 0 radical (unpaired) electrons. The first-order chi connectivity index (χ1) is 10.9. The third-order valence-electron chi connectivity index (χ3n) is 3.71. The van der Waals surface area contributed by atoms with Crippen molar-refractivity contribution in [3.63, 3.8) is 0 Å². The lowest BCUT2D eigenvalue weighted by atomic mass is 9.93. The summed E-state index contributed by atoms with van der Waals surface area (Å²) in [7, 11) is 0. The van der Waals surface area contributed by atoms with Crippen molar-refractivity contribution in [1.29, 1.82) is 0 Å². The van der Waals surface area contributed by atoms with Crippen LogP contribution in [0.15, 0.2) is 36.4 Å². The number of ether oxygens (including phenoxy) is 1. The molecular formula is C16H9BrCl4O2. The van der Waals surface area contributed by atoms with Crippen LogP contribution in [0.1, 0.15) is 15.9 Å². The van der Waals surface area contributed by atoms with Crippen molar-refractivity contribution in [1.82, 2.24) is 0 Å². The lowest BCUT2D eigenvalue weighted by Gasteiger charge is -2.12. The Morgan fingerprint density at radius 2 is 1.65 bits per heavy atom. The minimum absolute atomic E-state index is 0.211. The molecule has 1 aliphatic rings. The first kappa shape index (κ1) is 17.5. The molecule has 0 aliphatic carbocycles. The summed E-state index contributed by atoms with van der Waals surface area (Å²) in [5.74, 6) is -0.211.